The van der Waals surface area contributed by atoms with Crippen LogP contribution in [0.15, 0.2) is 30.4 Å². The number of ether oxygens (including phenoxy) is 1. The predicted molar refractivity (Wildman–Crippen MR) is 73.6 cm³/mol. The van der Waals surface area contributed by atoms with Crippen molar-refractivity contribution >= 4 is 11.6 Å². The maximum absolute atomic E-state index is 13.4. The minimum Gasteiger partial charge on any atom is -0.383 e. The number of halogens is 2. The zero-order valence-electron chi connectivity index (χ0n) is 10.6. The van der Waals surface area contributed by atoms with Crippen LogP contribution in [0, 0.1) is 5.82 Å². The van der Waals surface area contributed by atoms with Gasteiger partial charge in [-0.2, -0.15) is 0 Å². The molecule has 100 valence electrons. The van der Waals surface area contributed by atoms with Crippen molar-refractivity contribution in [2.75, 3.05) is 26.8 Å². The van der Waals surface area contributed by atoms with Crippen LogP contribution in [-0.4, -0.2) is 26.8 Å². The first-order valence-corrected chi connectivity index (χ1v) is 6.40. The Morgan fingerprint density at radius 1 is 1.33 bits per heavy atom. The van der Waals surface area contributed by atoms with Gasteiger partial charge in [0, 0.05) is 18.7 Å². The summed E-state index contributed by atoms with van der Waals surface area (Å²) in [5.74, 6) is -0.206. The van der Waals surface area contributed by atoms with Crippen LogP contribution in [0.5, 0.6) is 0 Å². The minimum absolute atomic E-state index is 0.206. The van der Waals surface area contributed by atoms with Gasteiger partial charge in [-0.05, 0) is 43.1 Å². The zero-order valence-corrected chi connectivity index (χ0v) is 11.3. The van der Waals surface area contributed by atoms with Crippen LogP contribution < -0.4 is 5.32 Å². The highest BCUT2D eigenvalue weighted by Crippen LogP contribution is 2.15. The van der Waals surface area contributed by atoms with E-state index in [9.17, 15) is 4.39 Å². The topological polar surface area (TPSA) is 21.3 Å². The Balaban J connectivity index is 2.21. The summed E-state index contributed by atoms with van der Waals surface area (Å²) in [6.45, 7) is 2.47. The van der Waals surface area contributed by atoms with E-state index in [1.165, 1.54) is 6.07 Å². The van der Waals surface area contributed by atoms with Gasteiger partial charge in [0.15, 0.2) is 0 Å². The normalized spacial score (nSPS) is 11.3. The quantitative estimate of drug-likeness (QED) is 0.579. The largest absolute Gasteiger partial charge is 0.383 e. The van der Waals surface area contributed by atoms with E-state index in [4.69, 9.17) is 16.3 Å². The molecule has 1 N–H and O–H groups in total. The van der Waals surface area contributed by atoms with E-state index in [2.05, 4.69) is 5.32 Å². The summed E-state index contributed by atoms with van der Waals surface area (Å²) >= 11 is 5.82. The van der Waals surface area contributed by atoms with Crippen LogP contribution in [0.2, 0.25) is 5.02 Å². The van der Waals surface area contributed by atoms with Crippen molar-refractivity contribution in [2.24, 2.45) is 0 Å². The molecule has 0 spiro atoms. The fourth-order valence-electron chi connectivity index (χ4n) is 1.51. The highest BCUT2D eigenvalue weighted by Gasteiger charge is 2.00. The second-order valence-electron chi connectivity index (χ2n) is 3.94. The van der Waals surface area contributed by atoms with Gasteiger partial charge in [0.05, 0.1) is 6.61 Å². The number of allylic oxidation sites excluding steroid dienone is 1. The van der Waals surface area contributed by atoms with Gasteiger partial charge in [-0.3, -0.25) is 0 Å². The third-order valence-electron chi connectivity index (χ3n) is 2.48. The average molecular weight is 272 g/mol. The van der Waals surface area contributed by atoms with E-state index < -0.39 is 0 Å². The van der Waals surface area contributed by atoms with Gasteiger partial charge >= 0.3 is 0 Å². The zero-order chi connectivity index (χ0) is 13.2. The smallest absolute Gasteiger partial charge is 0.126 e. The molecular formula is C14H19ClFNO. The molecule has 4 heteroatoms. The molecule has 18 heavy (non-hydrogen) atoms. The van der Waals surface area contributed by atoms with Crippen molar-refractivity contribution in [3.63, 3.8) is 0 Å². The lowest BCUT2D eigenvalue weighted by Gasteiger charge is -2.01. The van der Waals surface area contributed by atoms with Crippen LogP contribution in [0.25, 0.3) is 0 Å². The molecular weight excluding hydrogens is 253 g/mol. The monoisotopic (exact) mass is 271 g/mol. The van der Waals surface area contributed by atoms with Crippen LogP contribution in [-0.2, 0) is 11.2 Å². The average Bonchev–Trinajstić information content (AvgIpc) is 2.36. The molecule has 0 aromatic heterocycles. The lowest BCUT2D eigenvalue weighted by atomic mass is 10.1. The summed E-state index contributed by atoms with van der Waals surface area (Å²) < 4.78 is 18.3. The maximum atomic E-state index is 13.4. The lowest BCUT2D eigenvalue weighted by Crippen LogP contribution is -2.19. The molecule has 2 nitrogen and oxygen atoms in total. The van der Waals surface area contributed by atoms with Gasteiger partial charge in [0.1, 0.15) is 5.82 Å². The molecule has 1 rings (SSSR count). The summed E-state index contributed by atoms with van der Waals surface area (Å²) in [6, 6.07) is 4.62. The van der Waals surface area contributed by atoms with E-state index in [0.717, 1.165) is 26.1 Å². The second-order valence-corrected chi connectivity index (χ2v) is 4.38. The van der Waals surface area contributed by atoms with Gasteiger partial charge in [-0.1, -0.05) is 23.8 Å². The maximum Gasteiger partial charge on any atom is 0.126 e. The molecule has 0 heterocycles. The van der Waals surface area contributed by atoms with E-state index in [-0.39, 0.29) is 5.82 Å². The van der Waals surface area contributed by atoms with Gasteiger partial charge in [-0.25, -0.2) is 4.39 Å². The first-order valence-electron chi connectivity index (χ1n) is 6.02. The van der Waals surface area contributed by atoms with Crippen LogP contribution in [0.4, 0.5) is 4.39 Å². The molecule has 0 aliphatic heterocycles. The SMILES string of the molecule is COCCNCC/C=C/Cc1cc(Cl)ccc1F. The van der Waals surface area contributed by atoms with Crippen molar-refractivity contribution in [1.82, 2.24) is 5.32 Å². The first kappa shape index (κ1) is 15.2. The number of nitrogens with one attached hydrogen (secondary N) is 1. The minimum atomic E-state index is -0.206. The Morgan fingerprint density at radius 3 is 2.94 bits per heavy atom. The highest BCUT2D eigenvalue weighted by atomic mass is 35.5. The van der Waals surface area contributed by atoms with E-state index in [1.807, 2.05) is 12.2 Å². The van der Waals surface area contributed by atoms with Gasteiger partial charge in [-0.15, -0.1) is 0 Å². The Hall–Kier alpha value is -0.900. The van der Waals surface area contributed by atoms with Crippen molar-refractivity contribution in [3.8, 4) is 0 Å². The molecule has 0 fully saturated rings. The predicted octanol–water partition coefficient (Wildman–Crippen LogP) is 3.20. The number of methoxy groups -OCH3 is 1. The number of hydrogen-bond donors (Lipinski definition) is 1. The molecule has 0 radical (unpaired) electrons. The molecule has 0 saturated carbocycles. The summed E-state index contributed by atoms with van der Waals surface area (Å²) in [6.07, 6.45) is 5.50. The molecule has 0 saturated heterocycles. The first-order chi connectivity index (χ1) is 8.74. The number of benzene rings is 1. The Bertz CT molecular complexity index is 382. The molecule has 1 aromatic carbocycles. The molecule has 1 aromatic rings. The standard InChI is InChI=1S/C14H19ClFNO/c1-18-10-9-17-8-4-2-3-5-12-11-13(15)6-7-14(12)16/h2-3,6-7,11,17H,4-5,8-10H2,1H3/b3-2+. The lowest BCUT2D eigenvalue weighted by molar-refractivity contribution is 0.199. The summed E-state index contributed by atoms with van der Waals surface area (Å²) in [5, 5.41) is 3.80. The van der Waals surface area contributed by atoms with Crippen LogP contribution >= 0.6 is 11.6 Å². The molecule has 0 amide bonds. The van der Waals surface area contributed by atoms with E-state index in [0.29, 0.717) is 17.0 Å². The van der Waals surface area contributed by atoms with E-state index >= 15 is 0 Å². The van der Waals surface area contributed by atoms with Crippen LogP contribution in [0.3, 0.4) is 0 Å². The molecule has 0 bridgehead atoms. The van der Waals surface area contributed by atoms with Gasteiger partial charge in [0.25, 0.3) is 0 Å². The van der Waals surface area contributed by atoms with E-state index in [1.54, 1.807) is 19.2 Å². The molecule has 0 aliphatic rings. The third-order valence-corrected chi connectivity index (χ3v) is 2.72. The fourth-order valence-corrected chi connectivity index (χ4v) is 1.71. The highest BCUT2D eigenvalue weighted by molar-refractivity contribution is 6.30. The van der Waals surface area contributed by atoms with Crippen molar-refractivity contribution in [1.29, 1.82) is 0 Å². The third kappa shape index (κ3) is 6.15. The fraction of sp³-hybridized carbons (Fsp3) is 0.429. The van der Waals surface area contributed by atoms with Crippen molar-refractivity contribution in [2.45, 2.75) is 12.8 Å². The van der Waals surface area contributed by atoms with Crippen molar-refractivity contribution in [3.05, 3.63) is 46.8 Å². The second kappa shape index (κ2) is 9.09. The summed E-state index contributed by atoms with van der Waals surface area (Å²) in [7, 11) is 1.68. The number of hydrogen-bond acceptors (Lipinski definition) is 2. The summed E-state index contributed by atoms with van der Waals surface area (Å²) in [5.41, 5.74) is 0.631. The van der Waals surface area contributed by atoms with Gasteiger partial charge in [0.2, 0.25) is 0 Å². The number of rotatable bonds is 8. The molecule has 0 aliphatic carbocycles. The Morgan fingerprint density at radius 2 is 2.17 bits per heavy atom. The van der Waals surface area contributed by atoms with Gasteiger partial charge < -0.3 is 10.1 Å². The van der Waals surface area contributed by atoms with Crippen LogP contribution in [0.1, 0.15) is 12.0 Å². The Labute approximate surface area is 113 Å². The van der Waals surface area contributed by atoms with Crippen molar-refractivity contribution < 1.29 is 9.13 Å². The Kier molecular flexibility index (Phi) is 7.65. The summed E-state index contributed by atoms with van der Waals surface area (Å²) in [4.78, 5) is 0. The molecule has 0 unspecified atom stereocenters. The molecule has 0 atom stereocenters.